The molecule has 2 aromatic rings. The third-order valence-electron chi connectivity index (χ3n) is 7.18. The van der Waals surface area contributed by atoms with Crippen LogP contribution in [0.2, 0.25) is 0 Å². The van der Waals surface area contributed by atoms with Crippen molar-refractivity contribution in [2.45, 2.75) is 122 Å². The highest BCUT2D eigenvalue weighted by atomic mass is 16.5. The van der Waals surface area contributed by atoms with Gasteiger partial charge in [-0.1, -0.05) is 90.0 Å². The number of pyridine rings is 1. The Morgan fingerprint density at radius 3 is 2.03 bits per heavy atom. The van der Waals surface area contributed by atoms with Crippen LogP contribution in [0.15, 0.2) is 30.7 Å². The predicted octanol–water partition coefficient (Wildman–Crippen LogP) is 8.53. The standard InChI is InChI=1S/C31H49N3O/c1-2-3-4-13-22-35-23-14-12-16-28-20-21-30(33-24-28)31-26-32-29(25-34-31)17-11-9-7-5-6-8-10-15-27-18-19-27/h20-21,24-27H,2-19,22-23H2,1H3. The van der Waals surface area contributed by atoms with Crippen LogP contribution in [0.3, 0.4) is 0 Å². The average Bonchev–Trinajstić information content (AvgIpc) is 3.72. The summed E-state index contributed by atoms with van der Waals surface area (Å²) in [4.78, 5) is 13.9. The number of aromatic nitrogens is 3. The fourth-order valence-corrected chi connectivity index (χ4v) is 4.64. The van der Waals surface area contributed by atoms with Gasteiger partial charge in [-0.3, -0.25) is 15.0 Å². The number of hydrogen-bond donors (Lipinski definition) is 0. The topological polar surface area (TPSA) is 47.9 Å². The van der Waals surface area contributed by atoms with Gasteiger partial charge in [0.25, 0.3) is 0 Å². The molecule has 1 saturated carbocycles. The van der Waals surface area contributed by atoms with Gasteiger partial charge in [-0.05, 0) is 56.1 Å². The van der Waals surface area contributed by atoms with E-state index in [0.29, 0.717) is 0 Å². The first kappa shape index (κ1) is 27.8. The Hall–Kier alpha value is -1.81. The van der Waals surface area contributed by atoms with Crippen LogP contribution in [0.25, 0.3) is 11.4 Å². The molecule has 194 valence electrons. The lowest BCUT2D eigenvalue weighted by atomic mass is 10.1. The maximum Gasteiger partial charge on any atom is 0.107 e. The lowest BCUT2D eigenvalue weighted by Gasteiger charge is -2.06. The number of hydrogen-bond acceptors (Lipinski definition) is 4. The second-order valence-corrected chi connectivity index (χ2v) is 10.5. The van der Waals surface area contributed by atoms with E-state index < -0.39 is 0 Å². The van der Waals surface area contributed by atoms with E-state index in [1.165, 1.54) is 95.5 Å². The SMILES string of the molecule is CCCCCCOCCCCc1ccc(-c2cnc(CCCCCCCCCC3CC3)cn2)nc1. The Labute approximate surface area is 214 Å². The summed E-state index contributed by atoms with van der Waals surface area (Å²) >= 11 is 0. The first-order valence-corrected chi connectivity index (χ1v) is 14.7. The maximum atomic E-state index is 5.74. The van der Waals surface area contributed by atoms with Crippen molar-refractivity contribution >= 4 is 0 Å². The molecule has 0 N–H and O–H groups in total. The molecule has 2 heterocycles. The van der Waals surface area contributed by atoms with Crippen LogP contribution in [0.5, 0.6) is 0 Å². The lowest BCUT2D eigenvalue weighted by molar-refractivity contribution is 0.126. The zero-order chi connectivity index (χ0) is 24.4. The second-order valence-electron chi connectivity index (χ2n) is 10.5. The quantitative estimate of drug-likeness (QED) is 0.168. The zero-order valence-electron chi connectivity index (χ0n) is 22.4. The minimum atomic E-state index is 0.864. The molecule has 1 fully saturated rings. The molecule has 4 heteroatoms. The summed E-state index contributed by atoms with van der Waals surface area (Å²) in [5.41, 5.74) is 4.15. The third kappa shape index (κ3) is 12.6. The summed E-state index contributed by atoms with van der Waals surface area (Å²) in [7, 11) is 0. The van der Waals surface area contributed by atoms with Gasteiger partial charge >= 0.3 is 0 Å². The fraction of sp³-hybridized carbons (Fsp3) is 0.710. The smallest absolute Gasteiger partial charge is 0.107 e. The summed E-state index contributed by atoms with van der Waals surface area (Å²) in [6.45, 7) is 4.03. The van der Waals surface area contributed by atoms with E-state index in [9.17, 15) is 0 Å². The highest BCUT2D eigenvalue weighted by Crippen LogP contribution is 2.34. The van der Waals surface area contributed by atoms with Crippen molar-refractivity contribution in [3.05, 3.63) is 42.0 Å². The molecule has 0 radical (unpaired) electrons. The van der Waals surface area contributed by atoms with Crippen molar-refractivity contribution in [1.29, 1.82) is 0 Å². The molecule has 0 spiro atoms. The molecular formula is C31H49N3O. The molecule has 0 unspecified atom stereocenters. The summed E-state index contributed by atoms with van der Waals surface area (Å²) in [5, 5.41) is 0. The predicted molar refractivity (Wildman–Crippen MR) is 147 cm³/mol. The Morgan fingerprint density at radius 2 is 1.34 bits per heavy atom. The van der Waals surface area contributed by atoms with Gasteiger partial charge < -0.3 is 4.74 Å². The molecule has 0 bridgehead atoms. The van der Waals surface area contributed by atoms with Crippen LogP contribution in [0.4, 0.5) is 0 Å². The monoisotopic (exact) mass is 479 g/mol. The molecule has 4 nitrogen and oxygen atoms in total. The minimum absolute atomic E-state index is 0.864. The normalized spacial score (nSPS) is 13.4. The Kier molecular flexibility index (Phi) is 14.0. The molecule has 1 aliphatic carbocycles. The van der Waals surface area contributed by atoms with E-state index >= 15 is 0 Å². The van der Waals surface area contributed by atoms with Crippen molar-refractivity contribution in [1.82, 2.24) is 15.0 Å². The first-order chi connectivity index (χ1) is 17.3. The average molecular weight is 480 g/mol. The van der Waals surface area contributed by atoms with Gasteiger partial charge in [0.2, 0.25) is 0 Å². The van der Waals surface area contributed by atoms with E-state index in [4.69, 9.17) is 4.74 Å². The Bertz CT molecular complexity index is 771. The first-order valence-electron chi connectivity index (χ1n) is 14.7. The van der Waals surface area contributed by atoms with Gasteiger partial charge in [-0.25, -0.2) is 0 Å². The third-order valence-corrected chi connectivity index (χ3v) is 7.18. The van der Waals surface area contributed by atoms with E-state index in [-0.39, 0.29) is 0 Å². The Balaban J connectivity index is 1.22. The Morgan fingerprint density at radius 1 is 0.657 bits per heavy atom. The summed E-state index contributed by atoms with van der Waals surface area (Å²) < 4.78 is 5.74. The molecule has 1 aliphatic rings. The molecular weight excluding hydrogens is 430 g/mol. The largest absolute Gasteiger partial charge is 0.381 e. The van der Waals surface area contributed by atoms with Gasteiger partial charge in [-0.15, -0.1) is 0 Å². The van der Waals surface area contributed by atoms with Crippen LogP contribution in [-0.2, 0) is 17.6 Å². The van der Waals surface area contributed by atoms with Crippen LogP contribution in [-0.4, -0.2) is 28.2 Å². The number of unbranched alkanes of at least 4 members (excludes halogenated alkanes) is 10. The van der Waals surface area contributed by atoms with E-state index in [0.717, 1.165) is 61.9 Å². The summed E-state index contributed by atoms with van der Waals surface area (Å²) in [6.07, 6.45) is 29.3. The van der Waals surface area contributed by atoms with Crippen LogP contribution in [0, 0.1) is 5.92 Å². The van der Waals surface area contributed by atoms with Crippen LogP contribution >= 0.6 is 0 Å². The van der Waals surface area contributed by atoms with Crippen molar-refractivity contribution in [2.75, 3.05) is 13.2 Å². The van der Waals surface area contributed by atoms with Gasteiger partial charge in [-0.2, -0.15) is 0 Å². The fourth-order valence-electron chi connectivity index (χ4n) is 4.64. The van der Waals surface area contributed by atoms with E-state index in [1.807, 2.05) is 18.6 Å². The number of ether oxygens (including phenoxy) is 1. The molecule has 35 heavy (non-hydrogen) atoms. The molecule has 0 aromatic carbocycles. The van der Waals surface area contributed by atoms with E-state index in [1.54, 1.807) is 0 Å². The van der Waals surface area contributed by atoms with Crippen LogP contribution in [0.1, 0.15) is 121 Å². The van der Waals surface area contributed by atoms with Crippen molar-refractivity contribution in [3.8, 4) is 11.4 Å². The lowest BCUT2D eigenvalue weighted by Crippen LogP contribution is -1.98. The van der Waals surface area contributed by atoms with E-state index in [2.05, 4.69) is 34.0 Å². The highest BCUT2D eigenvalue weighted by molar-refractivity contribution is 5.52. The van der Waals surface area contributed by atoms with Crippen LogP contribution < -0.4 is 0 Å². The maximum absolute atomic E-state index is 5.74. The number of aryl methyl sites for hydroxylation is 2. The summed E-state index contributed by atoms with van der Waals surface area (Å²) in [5.74, 6) is 1.10. The van der Waals surface area contributed by atoms with Crippen molar-refractivity contribution < 1.29 is 4.74 Å². The van der Waals surface area contributed by atoms with Crippen molar-refractivity contribution in [2.24, 2.45) is 5.92 Å². The molecule has 3 rings (SSSR count). The zero-order valence-corrected chi connectivity index (χ0v) is 22.4. The summed E-state index contributed by atoms with van der Waals surface area (Å²) in [6, 6.07) is 4.25. The van der Waals surface area contributed by atoms with Gasteiger partial charge in [0.15, 0.2) is 0 Å². The molecule has 0 saturated heterocycles. The van der Waals surface area contributed by atoms with Gasteiger partial charge in [0, 0.05) is 25.6 Å². The highest BCUT2D eigenvalue weighted by Gasteiger charge is 2.19. The molecule has 0 aliphatic heterocycles. The minimum Gasteiger partial charge on any atom is -0.381 e. The second kappa shape index (κ2) is 17.6. The molecule has 2 aromatic heterocycles. The van der Waals surface area contributed by atoms with Gasteiger partial charge in [0.1, 0.15) is 5.69 Å². The van der Waals surface area contributed by atoms with Gasteiger partial charge in [0.05, 0.1) is 17.6 Å². The van der Waals surface area contributed by atoms with Crippen molar-refractivity contribution in [3.63, 3.8) is 0 Å². The number of nitrogens with zero attached hydrogens (tertiary/aromatic N) is 3. The number of rotatable bonds is 21. The molecule has 0 amide bonds. The molecule has 0 atom stereocenters.